The molecule has 0 unspecified atom stereocenters. The maximum atomic E-state index is 5.50. The number of methoxy groups -OCH3 is 1. The van der Waals surface area contributed by atoms with Crippen molar-refractivity contribution in [2.45, 2.75) is 26.4 Å². The van der Waals surface area contributed by atoms with E-state index < -0.39 is 0 Å². The first-order valence-corrected chi connectivity index (χ1v) is 9.24. The van der Waals surface area contributed by atoms with Gasteiger partial charge in [0.25, 0.3) is 0 Å². The Morgan fingerprint density at radius 3 is 2.88 bits per heavy atom. The summed E-state index contributed by atoms with van der Waals surface area (Å²) in [7, 11) is 3.87. The Labute approximate surface area is 152 Å². The molecule has 0 atom stereocenters. The number of aryl methyl sites for hydroxylation is 1. The van der Waals surface area contributed by atoms with E-state index in [-0.39, 0.29) is 0 Å². The van der Waals surface area contributed by atoms with Gasteiger partial charge in [-0.1, -0.05) is 6.07 Å². The van der Waals surface area contributed by atoms with Crippen molar-refractivity contribution in [2.75, 3.05) is 20.7 Å². The van der Waals surface area contributed by atoms with Crippen LogP contribution in [0.3, 0.4) is 0 Å². The summed E-state index contributed by atoms with van der Waals surface area (Å²) in [6, 6.07) is 8.34. The molecule has 0 aliphatic rings. The number of benzene rings is 1. The Bertz CT molecular complexity index is 798. The predicted molar refractivity (Wildman–Crippen MR) is 101 cm³/mol. The number of likely N-dealkylation sites (N-methyl/N-ethyl adjacent to an activating group) is 1. The van der Waals surface area contributed by atoms with Crippen LogP contribution in [0.2, 0.25) is 0 Å². The van der Waals surface area contributed by atoms with E-state index >= 15 is 0 Å². The normalized spacial score (nSPS) is 11.2. The van der Waals surface area contributed by atoms with Crippen LogP contribution in [0, 0.1) is 6.92 Å². The molecule has 2 heterocycles. The second kappa shape index (κ2) is 8.27. The molecule has 2 aromatic heterocycles. The minimum absolute atomic E-state index is 0.716. The molecule has 132 valence electrons. The van der Waals surface area contributed by atoms with Crippen molar-refractivity contribution in [3.63, 3.8) is 0 Å². The van der Waals surface area contributed by atoms with Crippen molar-refractivity contribution in [3.8, 4) is 5.75 Å². The maximum absolute atomic E-state index is 5.50. The fourth-order valence-corrected chi connectivity index (χ4v) is 3.64. The highest BCUT2D eigenvalue weighted by atomic mass is 32.1. The molecule has 3 aromatic rings. The molecule has 25 heavy (non-hydrogen) atoms. The van der Waals surface area contributed by atoms with E-state index in [0.29, 0.717) is 6.54 Å². The summed E-state index contributed by atoms with van der Waals surface area (Å²) >= 11 is 1.74. The summed E-state index contributed by atoms with van der Waals surface area (Å²) in [5.74, 6) is 0.905. The molecule has 0 N–H and O–H groups in total. The minimum Gasteiger partial charge on any atom is -0.496 e. The van der Waals surface area contributed by atoms with E-state index in [0.717, 1.165) is 36.5 Å². The smallest absolute Gasteiger partial charge is 0.123 e. The van der Waals surface area contributed by atoms with E-state index in [4.69, 9.17) is 4.74 Å². The quantitative estimate of drug-likeness (QED) is 0.621. The largest absolute Gasteiger partial charge is 0.496 e. The molecule has 0 aliphatic carbocycles. The van der Waals surface area contributed by atoms with Crippen LogP contribution < -0.4 is 4.74 Å². The van der Waals surface area contributed by atoms with Crippen molar-refractivity contribution in [1.82, 2.24) is 19.7 Å². The van der Waals surface area contributed by atoms with Crippen LogP contribution in [-0.4, -0.2) is 40.4 Å². The predicted octanol–water partition coefficient (Wildman–Crippen LogP) is 3.38. The van der Waals surface area contributed by atoms with Gasteiger partial charge in [-0.25, -0.2) is 4.98 Å². The lowest BCUT2D eigenvalue weighted by molar-refractivity contribution is 0.331. The average Bonchev–Trinajstić information content (AvgIpc) is 3.25. The molecule has 0 bridgehead atoms. The summed E-state index contributed by atoms with van der Waals surface area (Å²) in [6.07, 6.45) is 4.81. The molecule has 1 aromatic carbocycles. The van der Waals surface area contributed by atoms with Gasteiger partial charge in [0.1, 0.15) is 5.75 Å². The van der Waals surface area contributed by atoms with Gasteiger partial charge in [0, 0.05) is 35.9 Å². The molecule has 3 rings (SSSR count). The first-order valence-electron chi connectivity index (χ1n) is 8.36. The minimum atomic E-state index is 0.716. The highest BCUT2D eigenvalue weighted by molar-refractivity contribution is 7.09. The standard InChI is InChI=1S/C19H24N4OS/c1-15-19(25-14-20-15)7-10-22(2)12-16-5-6-18(24-3)17(11-16)13-23-9-4-8-21-23/h4-6,8-9,11,14H,7,10,12-13H2,1-3H3. The number of rotatable bonds is 8. The van der Waals surface area contributed by atoms with Gasteiger partial charge in [-0.05, 0) is 44.2 Å². The molecule has 0 aliphatic heterocycles. The topological polar surface area (TPSA) is 43.2 Å². The summed E-state index contributed by atoms with van der Waals surface area (Å²) in [5, 5.41) is 4.29. The lowest BCUT2D eigenvalue weighted by Crippen LogP contribution is -2.20. The Morgan fingerprint density at radius 2 is 2.20 bits per heavy atom. The number of hydrogen-bond acceptors (Lipinski definition) is 5. The maximum Gasteiger partial charge on any atom is 0.123 e. The van der Waals surface area contributed by atoms with Crippen LogP contribution >= 0.6 is 11.3 Å². The molecule has 0 spiro atoms. The number of aromatic nitrogens is 3. The van der Waals surface area contributed by atoms with Gasteiger partial charge in [0.2, 0.25) is 0 Å². The van der Waals surface area contributed by atoms with E-state index in [9.17, 15) is 0 Å². The van der Waals surface area contributed by atoms with Crippen molar-refractivity contribution in [2.24, 2.45) is 0 Å². The highest BCUT2D eigenvalue weighted by Crippen LogP contribution is 2.22. The molecule has 0 fully saturated rings. The number of ether oxygens (including phenoxy) is 1. The monoisotopic (exact) mass is 356 g/mol. The molecule has 0 amide bonds. The Hall–Kier alpha value is -2.18. The van der Waals surface area contributed by atoms with Gasteiger partial charge in [-0.15, -0.1) is 11.3 Å². The second-order valence-electron chi connectivity index (χ2n) is 6.20. The van der Waals surface area contributed by atoms with Crippen molar-refractivity contribution in [1.29, 1.82) is 0 Å². The van der Waals surface area contributed by atoms with Crippen LogP contribution in [0.1, 0.15) is 21.7 Å². The van der Waals surface area contributed by atoms with Gasteiger partial charge < -0.3 is 9.64 Å². The Morgan fingerprint density at radius 1 is 1.32 bits per heavy atom. The lowest BCUT2D eigenvalue weighted by atomic mass is 10.1. The van der Waals surface area contributed by atoms with Gasteiger partial charge in [0.15, 0.2) is 0 Å². The fraction of sp³-hybridized carbons (Fsp3) is 0.368. The first kappa shape index (κ1) is 17.6. The Kier molecular flexibility index (Phi) is 5.83. The zero-order valence-corrected chi connectivity index (χ0v) is 15.8. The van der Waals surface area contributed by atoms with Crippen LogP contribution in [0.4, 0.5) is 0 Å². The molecule has 0 saturated heterocycles. The molecular weight excluding hydrogens is 332 g/mol. The Balaban J connectivity index is 1.64. The van der Waals surface area contributed by atoms with Gasteiger partial charge in [-0.2, -0.15) is 5.10 Å². The average molecular weight is 356 g/mol. The van der Waals surface area contributed by atoms with E-state index in [1.807, 2.05) is 22.5 Å². The lowest BCUT2D eigenvalue weighted by Gasteiger charge is -2.18. The number of hydrogen-bond donors (Lipinski definition) is 0. The summed E-state index contributed by atoms with van der Waals surface area (Å²) < 4.78 is 7.42. The SMILES string of the molecule is COc1ccc(CN(C)CCc2scnc2C)cc1Cn1cccn1. The first-order chi connectivity index (χ1) is 12.2. The molecular formula is C19H24N4OS. The van der Waals surface area contributed by atoms with Crippen LogP contribution in [0.15, 0.2) is 42.2 Å². The van der Waals surface area contributed by atoms with Crippen molar-refractivity contribution < 1.29 is 4.74 Å². The van der Waals surface area contributed by atoms with Crippen molar-refractivity contribution >= 4 is 11.3 Å². The van der Waals surface area contributed by atoms with Gasteiger partial charge in [0.05, 0.1) is 24.9 Å². The molecule has 6 heteroatoms. The van der Waals surface area contributed by atoms with Crippen LogP contribution in [0.25, 0.3) is 0 Å². The molecule has 0 radical (unpaired) electrons. The van der Waals surface area contributed by atoms with Crippen LogP contribution in [-0.2, 0) is 19.5 Å². The van der Waals surface area contributed by atoms with E-state index in [1.54, 1.807) is 24.6 Å². The molecule has 0 saturated carbocycles. The number of thiazole rings is 1. The summed E-state index contributed by atoms with van der Waals surface area (Å²) in [4.78, 5) is 8.04. The zero-order chi connectivity index (χ0) is 17.6. The second-order valence-corrected chi connectivity index (χ2v) is 7.14. The molecule has 5 nitrogen and oxygen atoms in total. The van der Waals surface area contributed by atoms with E-state index in [2.05, 4.69) is 47.2 Å². The van der Waals surface area contributed by atoms with Crippen LogP contribution in [0.5, 0.6) is 5.75 Å². The number of nitrogens with zero attached hydrogens (tertiary/aromatic N) is 4. The summed E-state index contributed by atoms with van der Waals surface area (Å²) in [6.45, 7) is 4.72. The van der Waals surface area contributed by atoms with Crippen molar-refractivity contribution in [3.05, 3.63) is 63.9 Å². The highest BCUT2D eigenvalue weighted by Gasteiger charge is 2.09. The van der Waals surface area contributed by atoms with Gasteiger partial charge in [-0.3, -0.25) is 4.68 Å². The third-order valence-corrected chi connectivity index (χ3v) is 5.25. The third kappa shape index (κ3) is 4.67. The zero-order valence-electron chi connectivity index (χ0n) is 15.0. The third-order valence-electron chi connectivity index (χ3n) is 4.25. The van der Waals surface area contributed by atoms with Gasteiger partial charge >= 0.3 is 0 Å². The van der Waals surface area contributed by atoms with E-state index in [1.165, 1.54) is 10.4 Å². The summed E-state index contributed by atoms with van der Waals surface area (Å²) in [5.41, 5.74) is 5.52. The fourth-order valence-electron chi connectivity index (χ4n) is 2.87.